The molecule has 0 bridgehead atoms. The van der Waals surface area contributed by atoms with E-state index in [9.17, 15) is 0 Å². The largest absolute Gasteiger partial charge is 0.495 e. The number of methoxy groups -OCH3 is 1. The van der Waals surface area contributed by atoms with Crippen LogP contribution in [-0.4, -0.2) is 51.7 Å². The third-order valence-electron chi connectivity index (χ3n) is 5.08. The first-order chi connectivity index (χ1) is 10.8. The van der Waals surface area contributed by atoms with Gasteiger partial charge in [0, 0.05) is 13.1 Å². The molecule has 6 heteroatoms. The Hall–Kier alpha value is -1.24. The number of rotatable bonds is 3. The van der Waals surface area contributed by atoms with Crippen molar-refractivity contribution in [2.75, 3.05) is 38.3 Å². The van der Waals surface area contributed by atoms with E-state index in [1.54, 1.807) is 7.11 Å². The lowest BCUT2D eigenvalue weighted by atomic mass is 9.79. The van der Waals surface area contributed by atoms with E-state index in [0.717, 1.165) is 43.2 Å². The summed E-state index contributed by atoms with van der Waals surface area (Å²) >= 11 is 0. The van der Waals surface area contributed by atoms with Gasteiger partial charge in [-0.15, -0.1) is 0 Å². The van der Waals surface area contributed by atoms with Gasteiger partial charge in [0.25, 0.3) is 0 Å². The van der Waals surface area contributed by atoms with Gasteiger partial charge in [0.15, 0.2) is 0 Å². The number of morpholine rings is 1. The Morgan fingerprint density at radius 3 is 2.22 bits per heavy atom. The number of hydrogen-bond donors (Lipinski definition) is 0. The van der Waals surface area contributed by atoms with Crippen molar-refractivity contribution in [3.05, 3.63) is 18.2 Å². The maximum absolute atomic E-state index is 6.12. The Morgan fingerprint density at radius 1 is 1.04 bits per heavy atom. The molecule has 0 aromatic heterocycles. The fourth-order valence-corrected chi connectivity index (χ4v) is 2.89. The van der Waals surface area contributed by atoms with Crippen molar-refractivity contribution in [2.24, 2.45) is 0 Å². The molecule has 2 heterocycles. The fourth-order valence-electron chi connectivity index (χ4n) is 2.89. The summed E-state index contributed by atoms with van der Waals surface area (Å²) in [5.74, 6) is 0.846. The van der Waals surface area contributed by atoms with E-state index in [1.807, 2.05) is 6.07 Å². The molecule has 0 radical (unpaired) electrons. The summed E-state index contributed by atoms with van der Waals surface area (Å²) in [7, 11) is 1.33. The van der Waals surface area contributed by atoms with Gasteiger partial charge in [-0.25, -0.2) is 0 Å². The highest BCUT2D eigenvalue weighted by atomic mass is 16.7. The van der Waals surface area contributed by atoms with Crippen LogP contribution in [0.3, 0.4) is 0 Å². The number of benzene rings is 1. The second-order valence-corrected chi connectivity index (χ2v) is 7.12. The van der Waals surface area contributed by atoms with E-state index in [4.69, 9.17) is 18.8 Å². The third kappa shape index (κ3) is 3.07. The van der Waals surface area contributed by atoms with Crippen molar-refractivity contribution in [1.29, 1.82) is 0 Å². The van der Waals surface area contributed by atoms with Crippen molar-refractivity contribution in [1.82, 2.24) is 0 Å². The lowest BCUT2D eigenvalue weighted by Gasteiger charge is -2.32. The van der Waals surface area contributed by atoms with Crippen molar-refractivity contribution >= 4 is 18.3 Å². The lowest BCUT2D eigenvalue weighted by Crippen LogP contribution is -2.41. The minimum Gasteiger partial charge on any atom is -0.495 e. The molecule has 1 aromatic carbocycles. The van der Waals surface area contributed by atoms with Gasteiger partial charge >= 0.3 is 7.12 Å². The average Bonchev–Trinajstić information content (AvgIpc) is 2.75. The van der Waals surface area contributed by atoms with Crippen molar-refractivity contribution < 1.29 is 18.8 Å². The number of hydrogen-bond acceptors (Lipinski definition) is 5. The second-order valence-electron chi connectivity index (χ2n) is 7.12. The summed E-state index contributed by atoms with van der Waals surface area (Å²) in [5, 5.41) is 0. The summed E-state index contributed by atoms with van der Waals surface area (Å²) in [5.41, 5.74) is 1.40. The first-order valence-corrected chi connectivity index (χ1v) is 8.20. The fraction of sp³-hybridized carbons (Fsp3) is 0.647. The Kier molecular flexibility index (Phi) is 4.34. The van der Waals surface area contributed by atoms with E-state index in [1.165, 1.54) is 0 Å². The Bertz CT molecular complexity index is 554. The highest BCUT2D eigenvalue weighted by molar-refractivity contribution is 6.62. The molecule has 2 aliphatic heterocycles. The van der Waals surface area contributed by atoms with Gasteiger partial charge in [-0.1, -0.05) is 6.07 Å². The maximum atomic E-state index is 6.12. The van der Waals surface area contributed by atoms with Crippen LogP contribution in [0.15, 0.2) is 18.2 Å². The van der Waals surface area contributed by atoms with Crippen LogP contribution < -0.4 is 15.1 Å². The summed E-state index contributed by atoms with van der Waals surface area (Å²) in [6.07, 6.45) is 0. The standard InChI is InChI=1S/C17H26BNO4/c1-16(2)17(3,4)23-18(22-16)13-6-7-14(15(12-13)20-5)19-8-10-21-11-9-19/h6-7,12H,8-11H2,1-5H3. The second kappa shape index (κ2) is 6.00. The average molecular weight is 319 g/mol. The molecule has 0 aliphatic carbocycles. The van der Waals surface area contributed by atoms with Crippen molar-refractivity contribution in [3.8, 4) is 5.75 Å². The molecule has 0 unspecified atom stereocenters. The van der Waals surface area contributed by atoms with E-state index >= 15 is 0 Å². The summed E-state index contributed by atoms with van der Waals surface area (Å²) in [6, 6.07) is 6.17. The van der Waals surface area contributed by atoms with Gasteiger partial charge in [0.2, 0.25) is 0 Å². The van der Waals surface area contributed by atoms with Crippen LogP contribution in [0.2, 0.25) is 0 Å². The number of nitrogens with zero attached hydrogens (tertiary/aromatic N) is 1. The molecule has 5 nitrogen and oxygen atoms in total. The quantitative estimate of drug-likeness (QED) is 0.795. The molecule has 2 saturated heterocycles. The smallest absolute Gasteiger partial charge is 0.494 e. The zero-order valence-corrected chi connectivity index (χ0v) is 14.7. The molecule has 2 aliphatic rings. The van der Waals surface area contributed by atoms with Crippen LogP contribution in [-0.2, 0) is 14.0 Å². The molecule has 0 atom stereocenters. The molecule has 0 N–H and O–H groups in total. The molecule has 3 rings (SSSR count). The normalized spacial score (nSPS) is 23.2. The third-order valence-corrected chi connectivity index (χ3v) is 5.08. The van der Waals surface area contributed by atoms with Crippen LogP contribution in [0.1, 0.15) is 27.7 Å². The molecule has 0 spiro atoms. The van der Waals surface area contributed by atoms with Gasteiger partial charge in [-0.3, -0.25) is 0 Å². The predicted octanol–water partition coefficient (Wildman–Crippen LogP) is 1.83. The molecule has 23 heavy (non-hydrogen) atoms. The predicted molar refractivity (Wildman–Crippen MR) is 91.7 cm³/mol. The van der Waals surface area contributed by atoms with E-state index < -0.39 is 0 Å². The van der Waals surface area contributed by atoms with Crippen molar-refractivity contribution in [3.63, 3.8) is 0 Å². The zero-order valence-electron chi connectivity index (χ0n) is 14.7. The van der Waals surface area contributed by atoms with Crippen LogP contribution >= 0.6 is 0 Å². The van der Waals surface area contributed by atoms with Crippen LogP contribution in [0.5, 0.6) is 5.75 Å². The van der Waals surface area contributed by atoms with E-state index in [0.29, 0.717) is 0 Å². The summed E-state index contributed by atoms with van der Waals surface area (Å²) in [6.45, 7) is 11.5. The highest BCUT2D eigenvalue weighted by Gasteiger charge is 2.51. The maximum Gasteiger partial charge on any atom is 0.494 e. The van der Waals surface area contributed by atoms with Gasteiger partial charge < -0.3 is 23.7 Å². The van der Waals surface area contributed by atoms with Crippen LogP contribution in [0, 0.1) is 0 Å². The number of anilines is 1. The topological polar surface area (TPSA) is 40.2 Å². The number of ether oxygens (including phenoxy) is 2. The molecular formula is C17H26BNO4. The van der Waals surface area contributed by atoms with Gasteiger partial charge in [-0.2, -0.15) is 0 Å². The first-order valence-electron chi connectivity index (χ1n) is 8.20. The van der Waals surface area contributed by atoms with Gasteiger partial charge in [-0.05, 0) is 45.3 Å². The van der Waals surface area contributed by atoms with Gasteiger partial charge in [0.1, 0.15) is 5.75 Å². The Morgan fingerprint density at radius 2 is 1.65 bits per heavy atom. The van der Waals surface area contributed by atoms with E-state index in [-0.39, 0.29) is 18.3 Å². The molecule has 1 aromatic rings. The molecule has 0 amide bonds. The minimum atomic E-state index is -0.368. The molecule has 2 fully saturated rings. The van der Waals surface area contributed by atoms with Crippen LogP contribution in [0.25, 0.3) is 0 Å². The lowest BCUT2D eigenvalue weighted by molar-refractivity contribution is 0.00578. The molecule has 126 valence electrons. The monoisotopic (exact) mass is 319 g/mol. The molecular weight excluding hydrogens is 293 g/mol. The Balaban J connectivity index is 1.85. The minimum absolute atomic E-state index is 0.340. The summed E-state index contributed by atoms with van der Waals surface area (Å²) < 4.78 is 23.3. The first kappa shape index (κ1) is 16.6. The summed E-state index contributed by atoms with van der Waals surface area (Å²) in [4.78, 5) is 2.29. The highest BCUT2D eigenvalue weighted by Crippen LogP contribution is 2.37. The SMILES string of the molecule is COc1cc(B2OC(C)(C)C(C)(C)O2)ccc1N1CCOCC1. The van der Waals surface area contributed by atoms with Crippen LogP contribution in [0.4, 0.5) is 5.69 Å². The van der Waals surface area contributed by atoms with E-state index in [2.05, 4.69) is 44.7 Å². The Labute approximate surface area is 139 Å². The van der Waals surface area contributed by atoms with Gasteiger partial charge in [0.05, 0.1) is 37.2 Å². The van der Waals surface area contributed by atoms with Crippen molar-refractivity contribution in [2.45, 2.75) is 38.9 Å². The zero-order chi connectivity index (χ0) is 16.7. The molecule has 0 saturated carbocycles.